The van der Waals surface area contributed by atoms with Crippen LogP contribution in [0.3, 0.4) is 0 Å². The van der Waals surface area contributed by atoms with Crippen LogP contribution >= 0.6 is 11.6 Å². The van der Waals surface area contributed by atoms with Gasteiger partial charge in [-0.2, -0.15) is 0 Å². The Morgan fingerprint density at radius 1 is 1.29 bits per heavy atom. The zero-order chi connectivity index (χ0) is 22.0. The fourth-order valence-electron chi connectivity index (χ4n) is 4.15. The molecule has 162 valence electrons. The number of halogens is 2. The predicted octanol–water partition coefficient (Wildman–Crippen LogP) is 4.08. The van der Waals surface area contributed by atoms with Gasteiger partial charge in [-0.3, -0.25) is 14.7 Å². The number of hydrogen-bond donors (Lipinski definition) is 1. The first-order chi connectivity index (χ1) is 15.0. The Morgan fingerprint density at radius 3 is 2.87 bits per heavy atom. The Morgan fingerprint density at radius 2 is 2.10 bits per heavy atom. The van der Waals surface area contributed by atoms with Crippen LogP contribution in [0.5, 0.6) is 0 Å². The Hall–Kier alpha value is -2.54. The SMILES string of the molecule is CN(CCO)C(=O)c1cc([C@H]2CCN(Cc3ccc(Cl)c(F)c3)C2)nc2ccccc12. The van der Waals surface area contributed by atoms with E-state index in [-0.39, 0.29) is 30.0 Å². The number of para-hydroxylation sites is 1. The van der Waals surface area contributed by atoms with Crippen molar-refractivity contribution in [2.75, 3.05) is 33.3 Å². The zero-order valence-electron chi connectivity index (χ0n) is 17.4. The number of fused-ring (bicyclic) bond motifs is 1. The lowest BCUT2D eigenvalue weighted by Gasteiger charge is -2.19. The summed E-state index contributed by atoms with van der Waals surface area (Å²) in [5, 5.41) is 10.2. The second-order valence-corrected chi connectivity index (χ2v) is 8.44. The quantitative estimate of drug-likeness (QED) is 0.626. The summed E-state index contributed by atoms with van der Waals surface area (Å²) in [6.45, 7) is 2.50. The number of likely N-dealkylation sites (N-methyl/N-ethyl adjacent to an activating group) is 1. The maximum absolute atomic E-state index is 13.8. The molecule has 1 saturated heterocycles. The van der Waals surface area contributed by atoms with Crippen LogP contribution in [0.25, 0.3) is 10.9 Å². The lowest BCUT2D eigenvalue weighted by Crippen LogP contribution is -2.30. The Labute approximate surface area is 186 Å². The molecule has 2 aromatic carbocycles. The summed E-state index contributed by atoms with van der Waals surface area (Å²) >= 11 is 5.79. The van der Waals surface area contributed by atoms with E-state index in [9.17, 15) is 14.3 Å². The van der Waals surface area contributed by atoms with Crippen molar-refractivity contribution in [1.82, 2.24) is 14.8 Å². The van der Waals surface area contributed by atoms with Gasteiger partial charge in [-0.1, -0.05) is 35.9 Å². The molecule has 0 spiro atoms. The van der Waals surface area contributed by atoms with E-state index in [2.05, 4.69) is 4.90 Å². The van der Waals surface area contributed by atoms with Crippen molar-refractivity contribution in [2.45, 2.75) is 18.9 Å². The number of benzene rings is 2. The summed E-state index contributed by atoms with van der Waals surface area (Å²) in [6.07, 6.45) is 0.918. The van der Waals surface area contributed by atoms with Crippen LogP contribution in [0.2, 0.25) is 5.02 Å². The van der Waals surface area contributed by atoms with Crippen molar-refractivity contribution < 1.29 is 14.3 Å². The third-order valence-corrected chi connectivity index (χ3v) is 6.14. The first kappa shape index (κ1) is 21.7. The molecule has 1 amide bonds. The molecule has 1 aromatic heterocycles. The Kier molecular flexibility index (Phi) is 6.51. The molecular weight excluding hydrogens is 417 g/mol. The highest BCUT2D eigenvalue weighted by molar-refractivity contribution is 6.30. The van der Waals surface area contributed by atoms with Gasteiger partial charge in [-0.25, -0.2) is 4.39 Å². The van der Waals surface area contributed by atoms with E-state index in [1.54, 1.807) is 13.1 Å². The molecule has 31 heavy (non-hydrogen) atoms. The number of carbonyl (C=O) groups is 1. The molecule has 7 heteroatoms. The van der Waals surface area contributed by atoms with Gasteiger partial charge in [-0.15, -0.1) is 0 Å². The minimum Gasteiger partial charge on any atom is -0.395 e. The van der Waals surface area contributed by atoms with Gasteiger partial charge < -0.3 is 10.0 Å². The molecule has 4 rings (SSSR count). The van der Waals surface area contributed by atoms with Crippen LogP contribution in [0.15, 0.2) is 48.5 Å². The summed E-state index contributed by atoms with van der Waals surface area (Å²) in [6, 6.07) is 14.5. The van der Waals surface area contributed by atoms with E-state index in [1.807, 2.05) is 36.4 Å². The topological polar surface area (TPSA) is 56.7 Å². The fraction of sp³-hybridized carbons (Fsp3) is 0.333. The molecule has 1 atom stereocenters. The van der Waals surface area contributed by atoms with Gasteiger partial charge in [0.05, 0.1) is 22.7 Å². The number of aliphatic hydroxyl groups excluding tert-OH is 1. The van der Waals surface area contributed by atoms with Gasteiger partial charge in [0.1, 0.15) is 5.82 Å². The minimum atomic E-state index is -0.402. The van der Waals surface area contributed by atoms with Gasteiger partial charge in [0.25, 0.3) is 5.91 Å². The van der Waals surface area contributed by atoms with Gasteiger partial charge in [-0.05, 0) is 42.8 Å². The third-order valence-electron chi connectivity index (χ3n) is 5.83. The standard InChI is InChI=1S/C24H25ClFN3O2/c1-28(10-11-30)24(31)19-13-23(27-22-5-3-2-4-18(19)22)17-8-9-29(15-17)14-16-6-7-20(25)21(26)12-16/h2-7,12-13,17,30H,8-11,14-15H2,1H3/t17-/m0/s1. The van der Waals surface area contributed by atoms with E-state index in [1.165, 1.54) is 11.0 Å². The normalized spacial score (nSPS) is 16.7. The average molecular weight is 442 g/mol. The van der Waals surface area contributed by atoms with Crippen LogP contribution in [0, 0.1) is 5.82 Å². The number of amides is 1. The van der Waals surface area contributed by atoms with Crippen molar-refractivity contribution in [3.63, 3.8) is 0 Å². The maximum atomic E-state index is 13.8. The Balaban J connectivity index is 1.58. The molecule has 0 saturated carbocycles. The van der Waals surface area contributed by atoms with Crippen molar-refractivity contribution in [2.24, 2.45) is 0 Å². The smallest absolute Gasteiger partial charge is 0.254 e. The predicted molar refractivity (Wildman–Crippen MR) is 120 cm³/mol. The summed E-state index contributed by atoms with van der Waals surface area (Å²) in [5.74, 6) is -0.335. The number of likely N-dealkylation sites (tertiary alicyclic amines) is 1. The number of aromatic nitrogens is 1. The lowest BCUT2D eigenvalue weighted by atomic mass is 9.99. The van der Waals surface area contributed by atoms with Crippen molar-refractivity contribution >= 4 is 28.4 Å². The van der Waals surface area contributed by atoms with Crippen molar-refractivity contribution in [1.29, 1.82) is 0 Å². The molecule has 1 fully saturated rings. The number of hydrogen-bond acceptors (Lipinski definition) is 4. The van der Waals surface area contributed by atoms with E-state index in [4.69, 9.17) is 16.6 Å². The molecule has 1 N–H and O–H groups in total. The first-order valence-corrected chi connectivity index (χ1v) is 10.8. The largest absolute Gasteiger partial charge is 0.395 e. The summed E-state index contributed by atoms with van der Waals surface area (Å²) in [5.41, 5.74) is 3.17. The first-order valence-electron chi connectivity index (χ1n) is 10.4. The van der Waals surface area contributed by atoms with E-state index < -0.39 is 5.82 Å². The highest BCUT2D eigenvalue weighted by Crippen LogP contribution is 2.31. The molecule has 3 aromatic rings. The van der Waals surface area contributed by atoms with Gasteiger partial charge in [0, 0.05) is 43.7 Å². The highest BCUT2D eigenvalue weighted by atomic mass is 35.5. The summed E-state index contributed by atoms with van der Waals surface area (Å²) in [4.78, 5) is 21.7. The van der Waals surface area contributed by atoms with E-state index >= 15 is 0 Å². The fourth-order valence-corrected chi connectivity index (χ4v) is 4.27. The number of nitrogens with zero attached hydrogens (tertiary/aromatic N) is 3. The zero-order valence-corrected chi connectivity index (χ0v) is 18.1. The maximum Gasteiger partial charge on any atom is 0.254 e. The minimum absolute atomic E-state index is 0.0824. The van der Waals surface area contributed by atoms with Crippen molar-refractivity contribution in [3.8, 4) is 0 Å². The number of rotatable bonds is 6. The van der Waals surface area contributed by atoms with Crippen LogP contribution in [0.1, 0.15) is 34.0 Å². The molecule has 1 aliphatic rings. The van der Waals surface area contributed by atoms with Gasteiger partial charge >= 0.3 is 0 Å². The van der Waals surface area contributed by atoms with Crippen LogP contribution < -0.4 is 0 Å². The van der Waals surface area contributed by atoms with Crippen LogP contribution in [-0.2, 0) is 6.54 Å². The summed E-state index contributed by atoms with van der Waals surface area (Å²) in [7, 11) is 1.69. The highest BCUT2D eigenvalue weighted by Gasteiger charge is 2.27. The second-order valence-electron chi connectivity index (χ2n) is 8.03. The molecular formula is C24H25ClFN3O2. The molecule has 0 radical (unpaired) electrons. The molecule has 0 unspecified atom stereocenters. The van der Waals surface area contributed by atoms with Crippen molar-refractivity contribution in [3.05, 3.63) is 76.2 Å². The van der Waals surface area contributed by atoms with Crippen LogP contribution in [-0.4, -0.2) is 59.1 Å². The molecule has 1 aliphatic heterocycles. The Bertz CT molecular complexity index is 1110. The molecule has 5 nitrogen and oxygen atoms in total. The van der Waals surface area contributed by atoms with Crippen LogP contribution in [0.4, 0.5) is 4.39 Å². The summed E-state index contributed by atoms with van der Waals surface area (Å²) < 4.78 is 13.8. The lowest BCUT2D eigenvalue weighted by molar-refractivity contribution is 0.0768. The van der Waals surface area contributed by atoms with E-state index in [0.717, 1.165) is 41.7 Å². The molecule has 2 heterocycles. The molecule has 0 aliphatic carbocycles. The van der Waals surface area contributed by atoms with E-state index in [0.29, 0.717) is 12.1 Å². The monoisotopic (exact) mass is 441 g/mol. The van der Waals surface area contributed by atoms with Gasteiger partial charge in [0.15, 0.2) is 0 Å². The van der Waals surface area contributed by atoms with Gasteiger partial charge in [0.2, 0.25) is 0 Å². The number of carbonyl (C=O) groups excluding carboxylic acids is 1. The number of pyridine rings is 1. The average Bonchev–Trinajstić information content (AvgIpc) is 3.23. The third kappa shape index (κ3) is 4.71. The second kappa shape index (κ2) is 9.30. The molecule has 0 bridgehead atoms. The number of aliphatic hydroxyl groups is 1.